The SMILES string of the molecule is CC(=O)c1ccc(NC(=O)[C@@H]2CCCN(S(=O)(=O)c3ccc(C)cc3)C2)cc1. The minimum atomic E-state index is -3.62. The van der Waals surface area contributed by atoms with E-state index in [2.05, 4.69) is 5.32 Å². The summed E-state index contributed by atoms with van der Waals surface area (Å²) in [6, 6.07) is 13.4. The molecule has 1 fully saturated rings. The van der Waals surface area contributed by atoms with Gasteiger partial charge in [0.25, 0.3) is 0 Å². The largest absolute Gasteiger partial charge is 0.326 e. The van der Waals surface area contributed by atoms with Crippen LogP contribution in [0.4, 0.5) is 5.69 Å². The van der Waals surface area contributed by atoms with Gasteiger partial charge in [-0.2, -0.15) is 4.31 Å². The molecule has 6 nitrogen and oxygen atoms in total. The van der Waals surface area contributed by atoms with Crippen molar-refractivity contribution in [2.24, 2.45) is 5.92 Å². The van der Waals surface area contributed by atoms with Crippen molar-refractivity contribution < 1.29 is 18.0 Å². The van der Waals surface area contributed by atoms with Gasteiger partial charge in [0, 0.05) is 24.3 Å². The lowest BCUT2D eigenvalue weighted by Gasteiger charge is -2.31. The van der Waals surface area contributed by atoms with Gasteiger partial charge in [-0.05, 0) is 63.1 Å². The van der Waals surface area contributed by atoms with Gasteiger partial charge in [0.15, 0.2) is 5.78 Å². The highest BCUT2D eigenvalue weighted by Gasteiger charge is 2.33. The first-order valence-corrected chi connectivity index (χ1v) is 10.7. The summed E-state index contributed by atoms with van der Waals surface area (Å²) in [7, 11) is -3.62. The first-order chi connectivity index (χ1) is 13.3. The molecule has 1 aliphatic rings. The monoisotopic (exact) mass is 400 g/mol. The van der Waals surface area contributed by atoms with Gasteiger partial charge in [-0.25, -0.2) is 8.42 Å². The van der Waals surface area contributed by atoms with E-state index in [1.807, 2.05) is 6.92 Å². The number of nitrogens with zero attached hydrogens (tertiary/aromatic N) is 1. The number of hydrogen-bond acceptors (Lipinski definition) is 4. The quantitative estimate of drug-likeness (QED) is 0.781. The van der Waals surface area contributed by atoms with Gasteiger partial charge >= 0.3 is 0 Å². The molecular formula is C21H24N2O4S. The smallest absolute Gasteiger partial charge is 0.243 e. The molecule has 0 aromatic heterocycles. The summed E-state index contributed by atoms with van der Waals surface area (Å²) in [6.07, 6.45) is 1.27. The van der Waals surface area contributed by atoms with Crippen molar-refractivity contribution in [3.05, 3.63) is 59.7 Å². The van der Waals surface area contributed by atoms with E-state index in [-0.39, 0.29) is 23.1 Å². The lowest BCUT2D eigenvalue weighted by Crippen LogP contribution is -2.43. The molecule has 0 spiro atoms. The van der Waals surface area contributed by atoms with E-state index in [0.29, 0.717) is 30.6 Å². The molecule has 2 aromatic rings. The standard InChI is InChI=1S/C21H24N2O4S/c1-15-5-11-20(12-6-15)28(26,27)23-13-3-4-18(14-23)21(25)22-19-9-7-17(8-10-19)16(2)24/h5-12,18H,3-4,13-14H2,1-2H3,(H,22,25)/t18-/m1/s1. The van der Waals surface area contributed by atoms with E-state index in [1.54, 1.807) is 48.5 Å². The molecule has 3 rings (SSSR count). The van der Waals surface area contributed by atoms with E-state index in [4.69, 9.17) is 0 Å². The third kappa shape index (κ3) is 4.48. The zero-order valence-corrected chi connectivity index (χ0v) is 16.8. The molecule has 0 saturated carbocycles. The van der Waals surface area contributed by atoms with Crippen LogP contribution in [0.25, 0.3) is 0 Å². The van der Waals surface area contributed by atoms with Gasteiger partial charge in [0.2, 0.25) is 15.9 Å². The summed E-state index contributed by atoms with van der Waals surface area (Å²) in [5.74, 6) is -0.664. The second kappa shape index (κ2) is 8.24. The third-order valence-electron chi connectivity index (χ3n) is 4.97. The molecule has 1 amide bonds. The highest BCUT2D eigenvalue weighted by atomic mass is 32.2. The van der Waals surface area contributed by atoms with E-state index in [1.165, 1.54) is 11.2 Å². The van der Waals surface area contributed by atoms with Crippen LogP contribution in [0.5, 0.6) is 0 Å². The number of anilines is 1. The Kier molecular flexibility index (Phi) is 5.96. The summed E-state index contributed by atoms with van der Waals surface area (Å²) < 4.78 is 27.2. The Labute approximate surface area is 165 Å². The molecule has 2 aromatic carbocycles. The molecule has 1 saturated heterocycles. The molecule has 148 valence electrons. The molecule has 1 N–H and O–H groups in total. The van der Waals surface area contributed by atoms with E-state index >= 15 is 0 Å². The Bertz CT molecular complexity index is 966. The molecule has 0 aliphatic carbocycles. The minimum absolute atomic E-state index is 0.0397. The number of rotatable bonds is 5. The number of Topliss-reactive ketones (excluding diaryl/α,β-unsaturated/α-hetero) is 1. The molecule has 1 atom stereocenters. The summed E-state index contributed by atoms with van der Waals surface area (Å²) in [6.45, 7) is 3.96. The normalized spacial score (nSPS) is 17.9. The van der Waals surface area contributed by atoms with Gasteiger partial charge in [0.1, 0.15) is 0 Å². The topological polar surface area (TPSA) is 83.6 Å². The Morgan fingerprint density at radius 1 is 1.04 bits per heavy atom. The maximum Gasteiger partial charge on any atom is 0.243 e. The summed E-state index contributed by atoms with van der Waals surface area (Å²) in [5, 5.41) is 2.83. The average molecular weight is 401 g/mol. The predicted molar refractivity (Wildman–Crippen MR) is 108 cm³/mol. The van der Waals surface area contributed by atoms with Crippen molar-refractivity contribution in [3.8, 4) is 0 Å². The Morgan fingerprint density at radius 2 is 1.68 bits per heavy atom. The molecule has 0 unspecified atom stereocenters. The summed E-state index contributed by atoms with van der Waals surface area (Å²) in [4.78, 5) is 24.2. The fraction of sp³-hybridized carbons (Fsp3) is 0.333. The molecule has 28 heavy (non-hydrogen) atoms. The van der Waals surface area contributed by atoms with Crippen LogP contribution in [0.2, 0.25) is 0 Å². The maximum atomic E-state index is 12.9. The van der Waals surface area contributed by atoms with Crippen LogP contribution in [0.3, 0.4) is 0 Å². The van der Waals surface area contributed by atoms with Crippen LogP contribution in [-0.2, 0) is 14.8 Å². The van der Waals surface area contributed by atoms with Crippen LogP contribution in [0.15, 0.2) is 53.4 Å². The molecule has 1 aliphatic heterocycles. The lowest BCUT2D eigenvalue weighted by molar-refractivity contribution is -0.120. The van der Waals surface area contributed by atoms with Crippen molar-refractivity contribution in [1.82, 2.24) is 4.31 Å². The zero-order chi connectivity index (χ0) is 20.3. The van der Waals surface area contributed by atoms with Crippen molar-refractivity contribution in [2.75, 3.05) is 18.4 Å². The molecular weight excluding hydrogens is 376 g/mol. The molecule has 7 heteroatoms. The number of sulfonamides is 1. The number of carbonyl (C=O) groups is 2. The first-order valence-electron chi connectivity index (χ1n) is 9.26. The van der Waals surface area contributed by atoms with Crippen LogP contribution in [0, 0.1) is 12.8 Å². The van der Waals surface area contributed by atoms with Crippen molar-refractivity contribution in [1.29, 1.82) is 0 Å². The summed E-state index contributed by atoms with van der Waals surface area (Å²) >= 11 is 0. The number of carbonyl (C=O) groups excluding carboxylic acids is 2. The highest BCUT2D eigenvalue weighted by Crippen LogP contribution is 2.25. The van der Waals surface area contributed by atoms with Gasteiger partial charge in [-0.3, -0.25) is 9.59 Å². The number of nitrogens with one attached hydrogen (secondary N) is 1. The van der Waals surface area contributed by atoms with Crippen LogP contribution >= 0.6 is 0 Å². The molecule has 0 bridgehead atoms. The number of benzene rings is 2. The third-order valence-corrected chi connectivity index (χ3v) is 6.85. The van der Waals surface area contributed by atoms with E-state index in [9.17, 15) is 18.0 Å². The van der Waals surface area contributed by atoms with Gasteiger partial charge in [-0.15, -0.1) is 0 Å². The van der Waals surface area contributed by atoms with Crippen LogP contribution in [-0.4, -0.2) is 37.5 Å². The van der Waals surface area contributed by atoms with Crippen molar-refractivity contribution >= 4 is 27.4 Å². The molecule has 0 radical (unpaired) electrons. The average Bonchev–Trinajstić information content (AvgIpc) is 2.69. The lowest BCUT2D eigenvalue weighted by atomic mass is 9.98. The fourth-order valence-corrected chi connectivity index (χ4v) is 4.79. The highest BCUT2D eigenvalue weighted by molar-refractivity contribution is 7.89. The zero-order valence-electron chi connectivity index (χ0n) is 16.0. The maximum absolute atomic E-state index is 12.9. The van der Waals surface area contributed by atoms with Crippen LogP contribution < -0.4 is 5.32 Å². The summed E-state index contributed by atoms with van der Waals surface area (Å²) in [5.41, 5.74) is 2.16. The fourth-order valence-electron chi connectivity index (χ4n) is 3.27. The van der Waals surface area contributed by atoms with Gasteiger partial charge < -0.3 is 5.32 Å². The number of piperidine rings is 1. The van der Waals surface area contributed by atoms with Crippen LogP contribution in [0.1, 0.15) is 35.7 Å². The predicted octanol–water partition coefficient (Wildman–Crippen LogP) is 3.24. The molecule has 1 heterocycles. The van der Waals surface area contributed by atoms with Gasteiger partial charge in [-0.1, -0.05) is 17.7 Å². The minimum Gasteiger partial charge on any atom is -0.326 e. The van der Waals surface area contributed by atoms with E-state index in [0.717, 1.165) is 5.56 Å². The second-order valence-electron chi connectivity index (χ2n) is 7.14. The number of ketones is 1. The van der Waals surface area contributed by atoms with E-state index < -0.39 is 15.9 Å². The van der Waals surface area contributed by atoms with Crippen molar-refractivity contribution in [3.63, 3.8) is 0 Å². The Hall–Kier alpha value is -2.51. The van der Waals surface area contributed by atoms with Gasteiger partial charge in [0.05, 0.1) is 10.8 Å². The number of amides is 1. The number of aryl methyl sites for hydroxylation is 1. The Morgan fingerprint density at radius 3 is 2.29 bits per heavy atom. The van der Waals surface area contributed by atoms with Crippen molar-refractivity contribution in [2.45, 2.75) is 31.6 Å². The number of hydrogen-bond donors (Lipinski definition) is 1. The first kappa shape index (κ1) is 20.2. The second-order valence-corrected chi connectivity index (χ2v) is 9.08. The Balaban J connectivity index is 1.69.